The lowest BCUT2D eigenvalue weighted by Gasteiger charge is -2.34. The second-order valence-electron chi connectivity index (χ2n) is 11.6. The van der Waals surface area contributed by atoms with Gasteiger partial charge >= 0.3 is 0 Å². The minimum atomic E-state index is -4.31. The predicted octanol–water partition coefficient (Wildman–Crippen LogP) is 7.03. The highest BCUT2D eigenvalue weighted by atomic mass is 79.9. The lowest BCUT2D eigenvalue weighted by atomic mass is 10.0. The first-order valence-electron chi connectivity index (χ1n) is 15.2. The zero-order chi connectivity index (χ0) is 34.1. The molecule has 0 saturated carbocycles. The molecule has 0 aromatic heterocycles. The smallest absolute Gasteiger partial charge is 0.264 e. The minimum absolute atomic E-state index is 0.00657. The minimum Gasteiger partial charge on any atom is -0.495 e. The summed E-state index contributed by atoms with van der Waals surface area (Å²) in [6.07, 6.45) is 0.220. The molecule has 0 aliphatic carbocycles. The van der Waals surface area contributed by atoms with Gasteiger partial charge in [0.1, 0.15) is 18.3 Å². The summed E-state index contributed by atoms with van der Waals surface area (Å²) in [4.78, 5) is 30.0. The Kier molecular flexibility index (Phi) is 12.5. The lowest BCUT2D eigenvalue weighted by Crippen LogP contribution is -2.53. The molecule has 47 heavy (non-hydrogen) atoms. The molecule has 0 fully saturated rings. The summed E-state index contributed by atoms with van der Waals surface area (Å²) in [5.74, 6) is -0.516. The van der Waals surface area contributed by atoms with Crippen LogP contribution in [0.3, 0.4) is 0 Å². The fraction of sp³-hybridized carbons (Fsp3) is 0.278. The number of rotatable bonds is 14. The molecule has 4 aromatic rings. The normalized spacial score (nSPS) is 12.0. The number of sulfonamides is 1. The Morgan fingerprint density at radius 3 is 2.19 bits per heavy atom. The van der Waals surface area contributed by atoms with Gasteiger partial charge in [0.25, 0.3) is 10.0 Å². The number of hydrogen-bond donors (Lipinski definition) is 1. The van der Waals surface area contributed by atoms with Crippen LogP contribution >= 0.6 is 27.5 Å². The summed E-state index contributed by atoms with van der Waals surface area (Å²) in [6, 6.07) is 26.9. The standard InChI is InChI=1S/C36H39BrClN3O5S/c1-25(2)22-39-36(43)33(20-27-8-6-5-7-9-27)40(23-28-12-14-29(37)15-13-28)35(42)24-41(32-21-30(38)16-19-34(32)46-4)47(44,45)31-17-10-26(3)11-18-31/h5-19,21,25,33H,20,22-24H2,1-4H3,(H,39,43). The van der Waals surface area contributed by atoms with E-state index in [-0.39, 0.29) is 46.1 Å². The number of carbonyl (C=O) groups is 2. The van der Waals surface area contributed by atoms with Gasteiger partial charge in [0, 0.05) is 29.0 Å². The Morgan fingerprint density at radius 2 is 1.57 bits per heavy atom. The summed E-state index contributed by atoms with van der Waals surface area (Å²) in [7, 11) is -2.90. The molecule has 0 bridgehead atoms. The van der Waals surface area contributed by atoms with Crippen LogP contribution in [0, 0.1) is 12.8 Å². The van der Waals surface area contributed by atoms with E-state index in [1.54, 1.807) is 24.3 Å². The maximum Gasteiger partial charge on any atom is 0.264 e. The fourth-order valence-corrected chi connectivity index (χ4v) is 6.82. The molecule has 0 heterocycles. The van der Waals surface area contributed by atoms with Gasteiger partial charge in [-0.3, -0.25) is 13.9 Å². The van der Waals surface area contributed by atoms with Crippen molar-refractivity contribution in [1.82, 2.24) is 10.2 Å². The summed E-state index contributed by atoms with van der Waals surface area (Å²) in [5, 5.41) is 3.26. The Morgan fingerprint density at radius 1 is 0.915 bits per heavy atom. The molecule has 0 spiro atoms. The van der Waals surface area contributed by atoms with Gasteiger partial charge in [-0.1, -0.05) is 102 Å². The molecule has 1 unspecified atom stereocenters. The predicted molar refractivity (Wildman–Crippen MR) is 190 cm³/mol. The largest absolute Gasteiger partial charge is 0.495 e. The van der Waals surface area contributed by atoms with Gasteiger partial charge in [-0.05, 0) is 66.4 Å². The highest BCUT2D eigenvalue weighted by Gasteiger charge is 2.35. The summed E-state index contributed by atoms with van der Waals surface area (Å²) in [6.45, 7) is 5.69. The molecule has 0 saturated heterocycles. The van der Waals surface area contributed by atoms with E-state index in [4.69, 9.17) is 16.3 Å². The molecule has 8 nitrogen and oxygen atoms in total. The van der Waals surface area contributed by atoms with Gasteiger partial charge in [-0.2, -0.15) is 0 Å². The molecule has 4 rings (SSSR count). The zero-order valence-electron chi connectivity index (χ0n) is 26.8. The van der Waals surface area contributed by atoms with Gasteiger partial charge < -0.3 is 15.0 Å². The third-order valence-electron chi connectivity index (χ3n) is 7.52. The number of aryl methyl sites for hydroxylation is 1. The van der Waals surface area contributed by atoms with Gasteiger partial charge in [0.2, 0.25) is 11.8 Å². The number of benzene rings is 4. The van der Waals surface area contributed by atoms with Crippen LogP contribution in [0.1, 0.15) is 30.5 Å². The van der Waals surface area contributed by atoms with Crippen molar-refractivity contribution in [3.05, 3.63) is 123 Å². The molecule has 4 aromatic carbocycles. The third-order valence-corrected chi connectivity index (χ3v) is 10.1. The molecular weight excluding hydrogens is 702 g/mol. The maximum atomic E-state index is 14.6. The van der Waals surface area contributed by atoms with E-state index in [9.17, 15) is 18.0 Å². The average Bonchev–Trinajstić information content (AvgIpc) is 3.05. The van der Waals surface area contributed by atoms with Gasteiger partial charge in [-0.15, -0.1) is 0 Å². The van der Waals surface area contributed by atoms with Crippen LogP contribution in [0.15, 0.2) is 106 Å². The number of carbonyl (C=O) groups excluding carboxylic acids is 2. The number of anilines is 1. The Labute approximate surface area is 290 Å². The van der Waals surface area contributed by atoms with E-state index in [2.05, 4.69) is 21.2 Å². The second kappa shape index (κ2) is 16.3. The lowest BCUT2D eigenvalue weighted by molar-refractivity contribution is -0.140. The van der Waals surface area contributed by atoms with Gasteiger partial charge in [0.15, 0.2) is 0 Å². The molecule has 11 heteroatoms. The van der Waals surface area contributed by atoms with Crippen LogP contribution in [-0.4, -0.2) is 51.4 Å². The van der Waals surface area contributed by atoms with Gasteiger partial charge in [-0.25, -0.2) is 8.42 Å². The van der Waals surface area contributed by atoms with Crippen LogP contribution in [-0.2, 0) is 32.6 Å². The number of amides is 2. The highest BCUT2D eigenvalue weighted by Crippen LogP contribution is 2.35. The topological polar surface area (TPSA) is 96.0 Å². The molecule has 0 radical (unpaired) electrons. The van der Waals surface area contributed by atoms with E-state index < -0.39 is 28.5 Å². The third kappa shape index (κ3) is 9.59. The van der Waals surface area contributed by atoms with Crippen LogP contribution in [0.2, 0.25) is 5.02 Å². The van der Waals surface area contributed by atoms with Crippen LogP contribution < -0.4 is 14.4 Å². The van der Waals surface area contributed by atoms with E-state index >= 15 is 0 Å². The van der Waals surface area contributed by atoms with E-state index in [0.29, 0.717) is 6.54 Å². The molecule has 2 amide bonds. The zero-order valence-corrected chi connectivity index (χ0v) is 30.0. The number of methoxy groups -OCH3 is 1. The van der Waals surface area contributed by atoms with Gasteiger partial charge in [0.05, 0.1) is 17.7 Å². The van der Waals surface area contributed by atoms with E-state index in [0.717, 1.165) is 25.5 Å². The maximum absolute atomic E-state index is 14.6. The van der Waals surface area contributed by atoms with Crippen molar-refractivity contribution in [3.63, 3.8) is 0 Å². The SMILES string of the molecule is COc1ccc(Cl)cc1N(CC(=O)N(Cc1ccc(Br)cc1)C(Cc1ccccc1)C(=O)NCC(C)C)S(=O)(=O)c1ccc(C)cc1. The number of halogens is 2. The van der Waals surface area contributed by atoms with Crippen molar-refractivity contribution in [1.29, 1.82) is 0 Å². The van der Waals surface area contributed by atoms with Crippen molar-refractivity contribution in [3.8, 4) is 5.75 Å². The Hall–Kier alpha value is -3.86. The number of nitrogens with one attached hydrogen (secondary N) is 1. The van der Waals surface area contributed by atoms with Crippen LogP contribution in [0.5, 0.6) is 5.75 Å². The first-order chi connectivity index (χ1) is 22.4. The molecule has 0 aliphatic rings. The Balaban J connectivity index is 1.84. The first-order valence-corrected chi connectivity index (χ1v) is 17.8. The number of nitrogens with zero attached hydrogens (tertiary/aromatic N) is 2. The molecule has 1 N–H and O–H groups in total. The fourth-order valence-electron chi connectivity index (χ4n) is 4.97. The van der Waals surface area contributed by atoms with E-state index in [1.807, 2.05) is 75.4 Å². The molecule has 248 valence electrons. The number of hydrogen-bond acceptors (Lipinski definition) is 5. The molecule has 1 atom stereocenters. The Bertz CT molecular complexity index is 1770. The summed E-state index contributed by atoms with van der Waals surface area (Å²) in [5.41, 5.74) is 2.60. The molecular formula is C36H39BrClN3O5S. The van der Waals surface area contributed by atoms with E-state index in [1.165, 1.54) is 30.2 Å². The second-order valence-corrected chi connectivity index (χ2v) is 14.8. The van der Waals surface area contributed by atoms with Crippen molar-refractivity contribution in [2.75, 3.05) is 24.5 Å². The van der Waals surface area contributed by atoms with Crippen molar-refractivity contribution in [2.24, 2.45) is 5.92 Å². The van der Waals surface area contributed by atoms with Crippen molar-refractivity contribution < 1.29 is 22.7 Å². The quantitative estimate of drug-likeness (QED) is 0.150. The molecule has 0 aliphatic heterocycles. The summed E-state index contributed by atoms with van der Waals surface area (Å²) < 4.78 is 36.0. The van der Waals surface area contributed by atoms with Crippen LogP contribution in [0.25, 0.3) is 0 Å². The van der Waals surface area contributed by atoms with Crippen molar-refractivity contribution >= 4 is 55.1 Å². The number of ether oxygens (including phenoxy) is 1. The van der Waals surface area contributed by atoms with Crippen molar-refractivity contribution in [2.45, 2.75) is 44.7 Å². The van der Waals surface area contributed by atoms with Crippen LogP contribution in [0.4, 0.5) is 5.69 Å². The average molecular weight is 741 g/mol. The highest BCUT2D eigenvalue weighted by molar-refractivity contribution is 9.10. The first kappa shape index (κ1) is 36.0. The summed E-state index contributed by atoms with van der Waals surface area (Å²) >= 11 is 9.82. The monoisotopic (exact) mass is 739 g/mol.